The Labute approximate surface area is 101 Å². The summed E-state index contributed by atoms with van der Waals surface area (Å²) in [6.45, 7) is 1.63. The molecule has 0 saturated heterocycles. The van der Waals surface area contributed by atoms with Crippen LogP contribution in [0.15, 0.2) is 23.1 Å². The number of nitrogens with two attached hydrogens (primary N) is 1. The van der Waals surface area contributed by atoms with Gasteiger partial charge >= 0.3 is 0 Å². The molecule has 1 aromatic carbocycles. The van der Waals surface area contributed by atoms with Crippen molar-refractivity contribution in [3.63, 3.8) is 0 Å². The lowest BCUT2D eigenvalue weighted by atomic mass is 9.99. The minimum atomic E-state index is -3.11. The Bertz CT molecular complexity index is 523. The first-order valence-electron chi connectivity index (χ1n) is 5.71. The van der Waals surface area contributed by atoms with Crippen LogP contribution in [0.1, 0.15) is 30.5 Å². The molecule has 1 aliphatic rings. The molecular formula is C12H17NO3S. The van der Waals surface area contributed by atoms with Crippen molar-refractivity contribution in [3.8, 4) is 0 Å². The summed E-state index contributed by atoms with van der Waals surface area (Å²) in [5.41, 5.74) is 7.45. The van der Waals surface area contributed by atoms with Crippen molar-refractivity contribution in [2.75, 3.05) is 5.75 Å². The Kier molecular flexibility index (Phi) is 3.25. The van der Waals surface area contributed by atoms with Gasteiger partial charge in [-0.25, -0.2) is 8.42 Å². The van der Waals surface area contributed by atoms with E-state index < -0.39 is 22.0 Å². The Morgan fingerprint density at radius 3 is 2.76 bits per heavy atom. The number of sulfone groups is 1. The van der Waals surface area contributed by atoms with Crippen LogP contribution in [0.2, 0.25) is 0 Å². The summed E-state index contributed by atoms with van der Waals surface area (Å²) in [4.78, 5) is 0.422. The minimum absolute atomic E-state index is 0.224. The van der Waals surface area contributed by atoms with Crippen LogP contribution < -0.4 is 5.73 Å². The van der Waals surface area contributed by atoms with Crippen LogP contribution >= 0.6 is 0 Å². The molecule has 1 heterocycles. The highest BCUT2D eigenvalue weighted by molar-refractivity contribution is 7.91. The van der Waals surface area contributed by atoms with Crippen molar-refractivity contribution in [2.45, 2.75) is 36.8 Å². The summed E-state index contributed by atoms with van der Waals surface area (Å²) in [6.07, 6.45) is 0.769. The number of aliphatic hydroxyl groups is 1. The Morgan fingerprint density at radius 2 is 2.12 bits per heavy atom. The standard InChI is InChI=1S/C12H17NO3S/c1-8(14)12(13)10-4-5-11-9(7-10)3-2-6-17(11,15)16/h4-5,7-8,12,14H,2-3,6,13H2,1H3. The molecule has 5 heteroatoms. The van der Waals surface area contributed by atoms with Crippen LogP contribution in [-0.2, 0) is 16.3 Å². The monoisotopic (exact) mass is 255 g/mol. The molecule has 0 bridgehead atoms. The van der Waals surface area contributed by atoms with Crippen LogP contribution in [0.5, 0.6) is 0 Å². The highest BCUT2D eigenvalue weighted by Gasteiger charge is 2.24. The number of hydrogen-bond acceptors (Lipinski definition) is 4. The molecule has 1 aliphatic heterocycles. The quantitative estimate of drug-likeness (QED) is 0.818. The maximum atomic E-state index is 11.8. The van der Waals surface area contributed by atoms with E-state index in [0.29, 0.717) is 11.3 Å². The van der Waals surface area contributed by atoms with Gasteiger partial charge < -0.3 is 10.8 Å². The second-order valence-corrected chi connectivity index (χ2v) is 6.63. The molecule has 94 valence electrons. The van der Waals surface area contributed by atoms with Gasteiger partial charge in [0.05, 0.1) is 22.8 Å². The Hall–Kier alpha value is -0.910. The fourth-order valence-corrected chi connectivity index (χ4v) is 3.73. The molecule has 0 radical (unpaired) electrons. The second-order valence-electron chi connectivity index (χ2n) is 4.56. The number of fused-ring (bicyclic) bond motifs is 1. The van der Waals surface area contributed by atoms with E-state index in [9.17, 15) is 13.5 Å². The Balaban J connectivity index is 2.45. The number of benzene rings is 1. The molecule has 1 aromatic rings. The third kappa shape index (κ3) is 2.36. The molecule has 3 N–H and O–H groups in total. The summed E-state index contributed by atoms with van der Waals surface area (Å²) < 4.78 is 23.6. The predicted octanol–water partition coefficient (Wildman–Crippen LogP) is 0.787. The van der Waals surface area contributed by atoms with Gasteiger partial charge in [-0.2, -0.15) is 0 Å². The normalized spacial score (nSPS) is 21.6. The number of aliphatic hydroxyl groups excluding tert-OH is 1. The fourth-order valence-electron chi connectivity index (χ4n) is 2.15. The van der Waals surface area contributed by atoms with Gasteiger partial charge in [-0.05, 0) is 37.0 Å². The highest BCUT2D eigenvalue weighted by atomic mass is 32.2. The number of hydrogen-bond donors (Lipinski definition) is 2. The van der Waals surface area contributed by atoms with Crippen molar-refractivity contribution < 1.29 is 13.5 Å². The molecule has 0 saturated carbocycles. The van der Waals surface area contributed by atoms with Crippen molar-refractivity contribution in [2.24, 2.45) is 5.73 Å². The molecule has 4 nitrogen and oxygen atoms in total. The summed E-state index contributed by atoms with van der Waals surface area (Å²) in [5.74, 6) is 0.224. The molecule has 0 aliphatic carbocycles. The van der Waals surface area contributed by atoms with Gasteiger partial charge in [-0.3, -0.25) is 0 Å². The molecule has 0 amide bonds. The van der Waals surface area contributed by atoms with Crippen molar-refractivity contribution >= 4 is 9.84 Å². The summed E-state index contributed by atoms with van der Waals surface area (Å²) >= 11 is 0. The zero-order valence-corrected chi connectivity index (χ0v) is 10.6. The molecule has 2 unspecified atom stereocenters. The van der Waals surface area contributed by atoms with Crippen LogP contribution in [0, 0.1) is 0 Å². The average molecular weight is 255 g/mol. The van der Waals surface area contributed by atoms with E-state index in [1.165, 1.54) is 0 Å². The van der Waals surface area contributed by atoms with Gasteiger partial charge in [0.2, 0.25) is 0 Å². The first-order chi connectivity index (χ1) is 7.92. The van der Waals surface area contributed by atoms with Crippen LogP contribution in [0.3, 0.4) is 0 Å². The van der Waals surface area contributed by atoms with E-state index >= 15 is 0 Å². The first-order valence-corrected chi connectivity index (χ1v) is 7.36. The van der Waals surface area contributed by atoms with Gasteiger partial charge in [-0.15, -0.1) is 0 Å². The summed E-state index contributed by atoms with van der Waals surface area (Å²) in [7, 11) is -3.11. The van der Waals surface area contributed by atoms with Gasteiger partial charge in [0.25, 0.3) is 0 Å². The van der Waals surface area contributed by atoms with Crippen molar-refractivity contribution in [1.82, 2.24) is 0 Å². The molecule has 0 fully saturated rings. The van der Waals surface area contributed by atoms with Crippen molar-refractivity contribution in [1.29, 1.82) is 0 Å². The molecule has 0 aromatic heterocycles. The maximum absolute atomic E-state index is 11.8. The van der Waals surface area contributed by atoms with Gasteiger partial charge in [-0.1, -0.05) is 12.1 Å². The van der Waals surface area contributed by atoms with Crippen LogP contribution in [0.25, 0.3) is 0 Å². The van der Waals surface area contributed by atoms with Crippen molar-refractivity contribution in [3.05, 3.63) is 29.3 Å². The lowest BCUT2D eigenvalue weighted by molar-refractivity contribution is 0.164. The smallest absolute Gasteiger partial charge is 0.178 e. The van der Waals surface area contributed by atoms with Gasteiger partial charge in [0.15, 0.2) is 9.84 Å². The van der Waals surface area contributed by atoms with E-state index in [1.54, 1.807) is 19.1 Å². The van der Waals surface area contributed by atoms with E-state index in [2.05, 4.69) is 0 Å². The summed E-state index contributed by atoms with van der Waals surface area (Å²) in [5, 5.41) is 9.44. The van der Waals surface area contributed by atoms with Gasteiger partial charge in [0, 0.05) is 0 Å². The number of aryl methyl sites for hydroxylation is 1. The molecule has 2 rings (SSSR count). The third-order valence-electron chi connectivity index (χ3n) is 3.18. The number of rotatable bonds is 2. The third-order valence-corrected chi connectivity index (χ3v) is 5.08. The molecule has 2 atom stereocenters. The highest BCUT2D eigenvalue weighted by Crippen LogP contribution is 2.27. The SMILES string of the molecule is CC(O)C(N)c1ccc2c(c1)CCCS2(=O)=O. The lowest BCUT2D eigenvalue weighted by Crippen LogP contribution is -2.24. The zero-order valence-electron chi connectivity index (χ0n) is 9.76. The lowest BCUT2D eigenvalue weighted by Gasteiger charge is -2.20. The average Bonchev–Trinajstić information content (AvgIpc) is 2.27. The van der Waals surface area contributed by atoms with Gasteiger partial charge in [0.1, 0.15) is 0 Å². The second kappa shape index (κ2) is 4.40. The summed E-state index contributed by atoms with van der Waals surface area (Å²) in [6, 6.07) is 4.65. The molecule has 17 heavy (non-hydrogen) atoms. The van der Waals surface area contributed by atoms with E-state index in [0.717, 1.165) is 17.5 Å². The zero-order chi connectivity index (χ0) is 12.6. The largest absolute Gasteiger partial charge is 0.391 e. The Morgan fingerprint density at radius 1 is 1.41 bits per heavy atom. The molecule has 0 spiro atoms. The van der Waals surface area contributed by atoms with E-state index in [1.807, 2.05) is 6.07 Å². The van der Waals surface area contributed by atoms with E-state index in [-0.39, 0.29) is 5.75 Å². The van der Waals surface area contributed by atoms with Crippen LogP contribution in [-0.4, -0.2) is 25.4 Å². The van der Waals surface area contributed by atoms with Crippen LogP contribution in [0.4, 0.5) is 0 Å². The fraction of sp³-hybridized carbons (Fsp3) is 0.500. The predicted molar refractivity (Wildman–Crippen MR) is 65.4 cm³/mol. The minimum Gasteiger partial charge on any atom is -0.391 e. The first kappa shape index (κ1) is 12.5. The topological polar surface area (TPSA) is 80.4 Å². The molecular weight excluding hydrogens is 238 g/mol. The maximum Gasteiger partial charge on any atom is 0.178 e. The van der Waals surface area contributed by atoms with E-state index in [4.69, 9.17) is 5.73 Å².